The van der Waals surface area contributed by atoms with Gasteiger partial charge in [0.1, 0.15) is 12.4 Å². The third-order valence-corrected chi connectivity index (χ3v) is 2.72. The number of rotatable bonds is 4. The summed E-state index contributed by atoms with van der Waals surface area (Å²) in [5, 5.41) is 3.07. The van der Waals surface area contributed by atoms with Crippen LogP contribution in [0, 0.1) is 0 Å². The molecule has 0 aliphatic carbocycles. The van der Waals surface area contributed by atoms with Gasteiger partial charge in [-0.25, -0.2) is 0 Å². The van der Waals surface area contributed by atoms with Crippen molar-refractivity contribution in [2.75, 3.05) is 31.3 Å². The summed E-state index contributed by atoms with van der Waals surface area (Å²) in [5.41, 5.74) is 7.35. The third kappa shape index (κ3) is 2.58. The lowest BCUT2D eigenvalue weighted by Gasteiger charge is -2.14. The van der Waals surface area contributed by atoms with Gasteiger partial charge in [-0.05, 0) is 31.0 Å². The molecule has 1 heterocycles. The zero-order valence-corrected chi connectivity index (χ0v) is 9.53. The molecule has 1 saturated heterocycles. The molecule has 1 unspecified atom stereocenters. The smallest absolute Gasteiger partial charge is 0.142 e. The van der Waals surface area contributed by atoms with E-state index in [2.05, 4.69) is 5.32 Å². The van der Waals surface area contributed by atoms with Crippen molar-refractivity contribution in [3.8, 4) is 5.75 Å². The minimum atomic E-state index is 0.238. The van der Waals surface area contributed by atoms with Crippen molar-refractivity contribution >= 4 is 11.4 Å². The maximum Gasteiger partial charge on any atom is 0.142 e. The van der Waals surface area contributed by atoms with Crippen molar-refractivity contribution in [3.63, 3.8) is 0 Å². The Hall–Kier alpha value is -1.42. The van der Waals surface area contributed by atoms with Gasteiger partial charge in [0.15, 0.2) is 0 Å². The van der Waals surface area contributed by atoms with Crippen LogP contribution < -0.4 is 15.8 Å². The van der Waals surface area contributed by atoms with Gasteiger partial charge in [-0.3, -0.25) is 0 Å². The Labute approximate surface area is 95.7 Å². The van der Waals surface area contributed by atoms with Crippen LogP contribution in [-0.4, -0.2) is 26.4 Å². The summed E-state index contributed by atoms with van der Waals surface area (Å²) >= 11 is 0. The van der Waals surface area contributed by atoms with E-state index in [1.807, 2.05) is 25.2 Å². The van der Waals surface area contributed by atoms with Crippen LogP contribution in [0.4, 0.5) is 11.4 Å². The zero-order valence-electron chi connectivity index (χ0n) is 9.53. The number of nitrogens with one attached hydrogen (secondary N) is 1. The summed E-state index contributed by atoms with van der Waals surface area (Å²) in [6.45, 7) is 1.47. The number of ether oxygens (including phenoxy) is 2. The normalized spacial score (nSPS) is 19.7. The molecule has 0 saturated carbocycles. The fourth-order valence-corrected chi connectivity index (χ4v) is 1.83. The average molecular weight is 222 g/mol. The Morgan fingerprint density at radius 3 is 3.12 bits per heavy atom. The monoisotopic (exact) mass is 222 g/mol. The van der Waals surface area contributed by atoms with E-state index in [-0.39, 0.29) is 6.10 Å². The predicted octanol–water partition coefficient (Wildman–Crippen LogP) is 1.87. The minimum absolute atomic E-state index is 0.238. The second-order valence-corrected chi connectivity index (χ2v) is 3.95. The molecule has 1 aromatic rings. The minimum Gasteiger partial charge on any atom is -0.489 e. The Kier molecular flexibility index (Phi) is 3.51. The number of benzene rings is 1. The van der Waals surface area contributed by atoms with Gasteiger partial charge in [0.25, 0.3) is 0 Å². The van der Waals surface area contributed by atoms with Crippen LogP contribution in [0.2, 0.25) is 0 Å². The average Bonchev–Trinajstić information content (AvgIpc) is 2.80. The lowest BCUT2D eigenvalue weighted by Crippen LogP contribution is -2.16. The molecule has 0 spiro atoms. The van der Waals surface area contributed by atoms with Crippen molar-refractivity contribution < 1.29 is 9.47 Å². The summed E-state index contributed by atoms with van der Waals surface area (Å²) in [5.74, 6) is 0.826. The van der Waals surface area contributed by atoms with Crippen LogP contribution >= 0.6 is 0 Å². The quantitative estimate of drug-likeness (QED) is 0.764. The van der Waals surface area contributed by atoms with Crippen molar-refractivity contribution in [2.24, 2.45) is 0 Å². The number of hydrogen-bond donors (Lipinski definition) is 2. The van der Waals surface area contributed by atoms with E-state index in [0.29, 0.717) is 6.61 Å². The predicted molar refractivity (Wildman–Crippen MR) is 64.9 cm³/mol. The third-order valence-electron chi connectivity index (χ3n) is 2.72. The second kappa shape index (κ2) is 5.07. The van der Waals surface area contributed by atoms with Gasteiger partial charge in [-0.1, -0.05) is 0 Å². The molecule has 4 nitrogen and oxygen atoms in total. The highest BCUT2D eigenvalue weighted by molar-refractivity contribution is 5.63. The van der Waals surface area contributed by atoms with E-state index in [0.717, 1.165) is 36.6 Å². The summed E-state index contributed by atoms with van der Waals surface area (Å²) in [6, 6.07) is 5.59. The maximum absolute atomic E-state index is 5.72. The SMILES string of the molecule is CNc1cc(N)ccc1OCC1CCCO1. The topological polar surface area (TPSA) is 56.5 Å². The fourth-order valence-electron chi connectivity index (χ4n) is 1.83. The van der Waals surface area contributed by atoms with Crippen LogP contribution in [-0.2, 0) is 4.74 Å². The van der Waals surface area contributed by atoms with E-state index in [4.69, 9.17) is 15.2 Å². The Morgan fingerprint density at radius 1 is 1.56 bits per heavy atom. The summed E-state index contributed by atoms with van der Waals surface area (Å²) < 4.78 is 11.2. The molecule has 3 N–H and O–H groups in total. The van der Waals surface area contributed by atoms with Gasteiger partial charge in [0.2, 0.25) is 0 Å². The number of hydrogen-bond acceptors (Lipinski definition) is 4. The van der Waals surface area contributed by atoms with E-state index in [1.54, 1.807) is 0 Å². The van der Waals surface area contributed by atoms with Crippen molar-refractivity contribution in [3.05, 3.63) is 18.2 Å². The molecule has 0 bridgehead atoms. The number of nitrogens with two attached hydrogens (primary N) is 1. The molecule has 0 radical (unpaired) electrons. The van der Waals surface area contributed by atoms with Crippen molar-refractivity contribution in [1.29, 1.82) is 0 Å². The summed E-state index contributed by atoms with van der Waals surface area (Å²) in [7, 11) is 1.85. The molecule has 88 valence electrons. The van der Waals surface area contributed by atoms with E-state index in [1.165, 1.54) is 0 Å². The highest BCUT2D eigenvalue weighted by Crippen LogP contribution is 2.27. The second-order valence-electron chi connectivity index (χ2n) is 3.95. The number of nitrogen functional groups attached to an aromatic ring is 1. The van der Waals surface area contributed by atoms with Crippen molar-refractivity contribution in [1.82, 2.24) is 0 Å². The van der Waals surface area contributed by atoms with Crippen LogP contribution in [0.3, 0.4) is 0 Å². The van der Waals surface area contributed by atoms with Crippen LogP contribution in [0.5, 0.6) is 5.75 Å². The molecule has 4 heteroatoms. The molecule has 0 amide bonds. The first-order valence-corrected chi connectivity index (χ1v) is 5.61. The molecule has 2 rings (SSSR count). The Balaban J connectivity index is 1.97. The van der Waals surface area contributed by atoms with Gasteiger partial charge >= 0.3 is 0 Å². The Morgan fingerprint density at radius 2 is 2.44 bits per heavy atom. The highest BCUT2D eigenvalue weighted by Gasteiger charge is 2.16. The van der Waals surface area contributed by atoms with Gasteiger partial charge in [-0.2, -0.15) is 0 Å². The largest absolute Gasteiger partial charge is 0.489 e. The molecule has 1 atom stereocenters. The first-order chi connectivity index (χ1) is 7.79. The van der Waals surface area contributed by atoms with Crippen LogP contribution in [0.1, 0.15) is 12.8 Å². The van der Waals surface area contributed by atoms with Crippen molar-refractivity contribution in [2.45, 2.75) is 18.9 Å². The molecule has 1 aliphatic rings. The first-order valence-electron chi connectivity index (χ1n) is 5.61. The highest BCUT2D eigenvalue weighted by atomic mass is 16.5. The maximum atomic E-state index is 5.72. The first kappa shape index (κ1) is 11.1. The molecular formula is C12H18N2O2. The zero-order chi connectivity index (χ0) is 11.4. The molecule has 1 aromatic carbocycles. The Bertz CT molecular complexity index is 349. The van der Waals surface area contributed by atoms with Gasteiger partial charge in [0, 0.05) is 19.3 Å². The van der Waals surface area contributed by atoms with Gasteiger partial charge in [0.05, 0.1) is 11.8 Å². The van der Waals surface area contributed by atoms with E-state index in [9.17, 15) is 0 Å². The molecular weight excluding hydrogens is 204 g/mol. The van der Waals surface area contributed by atoms with Gasteiger partial charge < -0.3 is 20.5 Å². The van der Waals surface area contributed by atoms with Crippen LogP contribution in [0.25, 0.3) is 0 Å². The van der Waals surface area contributed by atoms with E-state index < -0.39 is 0 Å². The lowest BCUT2D eigenvalue weighted by molar-refractivity contribution is 0.0682. The summed E-state index contributed by atoms with van der Waals surface area (Å²) in [6.07, 6.45) is 2.46. The van der Waals surface area contributed by atoms with Gasteiger partial charge in [-0.15, -0.1) is 0 Å². The lowest BCUT2D eigenvalue weighted by atomic mass is 10.2. The number of anilines is 2. The standard InChI is InChI=1S/C12H18N2O2/c1-14-11-7-9(13)4-5-12(11)16-8-10-3-2-6-15-10/h4-5,7,10,14H,2-3,6,8,13H2,1H3. The molecule has 1 aliphatic heterocycles. The van der Waals surface area contributed by atoms with E-state index >= 15 is 0 Å². The fraction of sp³-hybridized carbons (Fsp3) is 0.500. The van der Waals surface area contributed by atoms with Crippen LogP contribution in [0.15, 0.2) is 18.2 Å². The molecule has 16 heavy (non-hydrogen) atoms. The summed E-state index contributed by atoms with van der Waals surface area (Å²) in [4.78, 5) is 0. The molecule has 0 aromatic heterocycles. The molecule has 1 fully saturated rings.